The minimum Gasteiger partial charge on any atom is -0.367 e. The smallest absolute Gasteiger partial charge is 0.261 e. The van der Waals surface area contributed by atoms with Crippen LogP contribution in [0.15, 0.2) is 41.4 Å². The van der Waals surface area contributed by atoms with Crippen LogP contribution in [-0.2, 0) is 21.2 Å². The Kier molecular flexibility index (Phi) is 4.51. The number of amides is 1. The summed E-state index contributed by atoms with van der Waals surface area (Å²) in [6, 6.07) is 8.87. The summed E-state index contributed by atoms with van der Waals surface area (Å²) in [5.74, 6) is 0.717. The lowest BCUT2D eigenvalue weighted by molar-refractivity contribution is -0.116. The van der Waals surface area contributed by atoms with Crippen molar-refractivity contribution in [2.24, 2.45) is 0 Å². The van der Waals surface area contributed by atoms with Crippen molar-refractivity contribution < 1.29 is 13.2 Å². The minimum atomic E-state index is -3.72. The first kappa shape index (κ1) is 17.8. The van der Waals surface area contributed by atoms with E-state index in [-0.39, 0.29) is 10.8 Å². The van der Waals surface area contributed by atoms with Crippen molar-refractivity contribution in [2.45, 2.75) is 43.5 Å². The van der Waals surface area contributed by atoms with E-state index >= 15 is 0 Å². The van der Waals surface area contributed by atoms with Crippen LogP contribution in [0.3, 0.4) is 0 Å². The van der Waals surface area contributed by atoms with Crippen LogP contribution >= 0.6 is 0 Å². The topological polar surface area (TPSA) is 91.4 Å². The van der Waals surface area contributed by atoms with Gasteiger partial charge in [0, 0.05) is 25.2 Å². The highest BCUT2D eigenvalue weighted by Crippen LogP contribution is 2.30. The SMILES string of the molecule is CC(=O)N1CCCc2cc(S(=O)(=O)Nc3ccc(NC4CC4)nc3)ccc21. The van der Waals surface area contributed by atoms with Gasteiger partial charge in [-0.2, -0.15) is 0 Å². The Bertz CT molecular complexity index is 969. The van der Waals surface area contributed by atoms with E-state index in [0.717, 1.165) is 42.8 Å². The highest BCUT2D eigenvalue weighted by Gasteiger charge is 2.24. The molecule has 1 aromatic carbocycles. The second-order valence-electron chi connectivity index (χ2n) is 7.02. The van der Waals surface area contributed by atoms with E-state index in [2.05, 4.69) is 15.0 Å². The molecule has 0 atom stereocenters. The molecule has 2 aromatic rings. The number of nitrogens with one attached hydrogen (secondary N) is 2. The number of hydrogen-bond donors (Lipinski definition) is 2. The lowest BCUT2D eigenvalue weighted by Crippen LogP contribution is -2.33. The highest BCUT2D eigenvalue weighted by molar-refractivity contribution is 7.92. The fourth-order valence-electron chi connectivity index (χ4n) is 3.26. The first-order valence-electron chi connectivity index (χ1n) is 9.09. The molecule has 1 aliphatic carbocycles. The van der Waals surface area contributed by atoms with Crippen molar-refractivity contribution in [1.29, 1.82) is 0 Å². The Hall–Kier alpha value is -2.61. The molecule has 1 aliphatic heterocycles. The third-order valence-corrected chi connectivity index (χ3v) is 6.18. The van der Waals surface area contributed by atoms with Gasteiger partial charge in [0.2, 0.25) is 5.91 Å². The maximum Gasteiger partial charge on any atom is 0.261 e. The van der Waals surface area contributed by atoms with Gasteiger partial charge < -0.3 is 10.2 Å². The molecular formula is C19H22N4O3S. The summed E-state index contributed by atoms with van der Waals surface area (Å²) in [5, 5.41) is 3.26. The van der Waals surface area contributed by atoms with Gasteiger partial charge >= 0.3 is 0 Å². The monoisotopic (exact) mass is 386 g/mol. The number of benzene rings is 1. The van der Waals surface area contributed by atoms with E-state index in [9.17, 15) is 13.2 Å². The van der Waals surface area contributed by atoms with Gasteiger partial charge in [-0.15, -0.1) is 0 Å². The van der Waals surface area contributed by atoms with Crippen molar-refractivity contribution in [3.63, 3.8) is 0 Å². The molecule has 7 nitrogen and oxygen atoms in total. The normalized spacial score (nSPS) is 16.6. The lowest BCUT2D eigenvalue weighted by atomic mass is 10.0. The van der Waals surface area contributed by atoms with E-state index < -0.39 is 10.0 Å². The largest absolute Gasteiger partial charge is 0.367 e. The minimum absolute atomic E-state index is 0.0318. The van der Waals surface area contributed by atoms with Gasteiger partial charge in [0.1, 0.15) is 5.82 Å². The zero-order chi connectivity index (χ0) is 19.0. The molecule has 2 N–H and O–H groups in total. The van der Waals surface area contributed by atoms with Crippen molar-refractivity contribution in [3.8, 4) is 0 Å². The molecule has 2 heterocycles. The van der Waals surface area contributed by atoms with Gasteiger partial charge in [-0.05, 0) is 61.6 Å². The average molecular weight is 386 g/mol. The molecule has 8 heteroatoms. The number of aromatic nitrogens is 1. The van der Waals surface area contributed by atoms with Gasteiger partial charge in [0.15, 0.2) is 0 Å². The Balaban J connectivity index is 1.54. The predicted octanol–water partition coefficient (Wildman–Crippen LogP) is 2.76. The van der Waals surface area contributed by atoms with Crippen LogP contribution in [0.5, 0.6) is 0 Å². The molecule has 1 amide bonds. The standard InChI is InChI=1S/C19H22N4O3S/c1-13(24)23-10-2-3-14-11-17(7-8-18(14)23)27(25,26)22-16-6-9-19(20-12-16)21-15-4-5-15/h6-9,11-12,15,22H,2-5,10H2,1H3,(H,20,21). The van der Waals surface area contributed by atoms with Gasteiger partial charge in [-0.25, -0.2) is 13.4 Å². The van der Waals surface area contributed by atoms with Crippen LogP contribution in [0.1, 0.15) is 31.7 Å². The maximum atomic E-state index is 12.7. The predicted molar refractivity (Wildman–Crippen MR) is 104 cm³/mol. The number of anilines is 3. The molecule has 0 spiro atoms. The molecular weight excluding hydrogens is 364 g/mol. The molecule has 0 unspecified atom stereocenters. The first-order chi connectivity index (χ1) is 12.9. The van der Waals surface area contributed by atoms with Crippen LogP contribution < -0.4 is 14.9 Å². The second-order valence-corrected chi connectivity index (χ2v) is 8.70. The average Bonchev–Trinajstić information content (AvgIpc) is 3.46. The van der Waals surface area contributed by atoms with Gasteiger partial charge in [0.25, 0.3) is 10.0 Å². The summed E-state index contributed by atoms with van der Waals surface area (Å²) in [6.07, 6.45) is 5.39. The van der Waals surface area contributed by atoms with Crippen molar-refractivity contribution in [1.82, 2.24) is 4.98 Å². The fraction of sp³-hybridized carbons (Fsp3) is 0.368. The molecule has 142 valence electrons. The number of fused-ring (bicyclic) bond motifs is 1. The van der Waals surface area contributed by atoms with Crippen molar-refractivity contribution in [2.75, 3.05) is 21.5 Å². The molecule has 0 radical (unpaired) electrons. The Morgan fingerprint density at radius 3 is 2.70 bits per heavy atom. The van der Waals surface area contributed by atoms with Gasteiger partial charge in [0.05, 0.1) is 16.8 Å². The summed E-state index contributed by atoms with van der Waals surface area (Å²) in [7, 11) is -3.72. The number of carbonyl (C=O) groups excluding carboxylic acids is 1. The van der Waals surface area contributed by atoms with Gasteiger partial charge in [-0.1, -0.05) is 0 Å². The Morgan fingerprint density at radius 2 is 2.04 bits per heavy atom. The molecule has 4 rings (SSSR count). The second kappa shape index (κ2) is 6.84. The number of sulfonamides is 1. The number of pyridine rings is 1. The molecule has 1 saturated carbocycles. The van der Waals surface area contributed by atoms with Crippen LogP contribution in [0.4, 0.5) is 17.2 Å². The first-order valence-corrected chi connectivity index (χ1v) is 10.6. The molecule has 2 aliphatic rings. The molecule has 1 fully saturated rings. The number of aryl methyl sites for hydroxylation is 1. The third-order valence-electron chi connectivity index (χ3n) is 4.81. The van der Waals surface area contributed by atoms with E-state index in [1.165, 1.54) is 13.1 Å². The van der Waals surface area contributed by atoms with Gasteiger partial charge in [-0.3, -0.25) is 9.52 Å². The molecule has 1 aromatic heterocycles. The van der Waals surface area contributed by atoms with E-state index in [0.29, 0.717) is 18.3 Å². The van der Waals surface area contributed by atoms with Crippen molar-refractivity contribution >= 4 is 33.1 Å². The fourth-order valence-corrected chi connectivity index (χ4v) is 4.35. The lowest BCUT2D eigenvalue weighted by Gasteiger charge is -2.28. The van der Waals surface area contributed by atoms with Crippen LogP contribution in [0.25, 0.3) is 0 Å². The van der Waals surface area contributed by atoms with E-state index in [1.54, 1.807) is 35.2 Å². The summed E-state index contributed by atoms with van der Waals surface area (Å²) >= 11 is 0. The van der Waals surface area contributed by atoms with E-state index in [4.69, 9.17) is 0 Å². The molecule has 27 heavy (non-hydrogen) atoms. The summed E-state index contributed by atoms with van der Waals surface area (Å²) < 4.78 is 28.1. The highest BCUT2D eigenvalue weighted by atomic mass is 32.2. The zero-order valence-corrected chi connectivity index (χ0v) is 15.9. The molecule has 0 saturated heterocycles. The third kappa shape index (κ3) is 3.90. The zero-order valence-electron chi connectivity index (χ0n) is 15.1. The van der Waals surface area contributed by atoms with Crippen LogP contribution in [0.2, 0.25) is 0 Å². The Morgan fingerprint density at radius 1 is 1.22 bits per heavy atom. The van der Waals surface area contributed by atoms with Crippen LogP contribution in [-0.4, -0.2) is 31.9 Å². The summed E-state index contributed by atoms with van der Waals surface area (Å²) in [6.45, 7) is 2.19. The number of nitrogens with zero attached hydrogens (tertiary/aromatic N) is 2. The van der Waals surface area contributed by atoms with E-state index in [1.807, 2.05) is 0 Å². The molecule has 0 bridgehead atoms. The summed E-state index contributed by atoms with van der Waals surface area (Å²) in [4.78, 5) is 17.9. The van der Waals surface area contributed by atoms with Crippen molar-refractivity contribution in [3.05, 3.63) is 42.1 Å². The maximum absolute atomic E-state index is 12.7. The van der Waals surface area contributed by atoms with Crippen LogP contribution in [0, 0.1) is 0 Å². The quantitative estimate of drug-likeness (QED) is 0.824. The number of carbonyl (C=O) groups is 1. The number of hydrogen-bond acceptors (Lipinski definition) is 5. The number of rotatable bonds is 5. The Labute approximate surface area is 158 Å². The summed E-state index contributed by atoms with van der Waals surface area (Å²) in [5.41, 5.74) is 2.09.